The number of rotatable bonds is 9. The molecule has 0 saturated carbocycles. The summed E-state index contributed by atoms with van der Waals surface area (Å²) >= 11 is 0. The van der Waals surface area contributed by atoms with E-state index < -0.39 is 77.3 Å². The van der Waals surface area contributed by atoms with Crippen molar-refractivity contribution in [1.29, 1.82) is 0 Å². The second-order valence-corrected chi connectivity index (χ2v) is 18.8. The summed E-state index contributed by atoms with van der Waals surface area (Å²) in [4.78, 5) is 92.6. The van der Waals surface area contributed by atoms with Crippen LogP contribution >= 0.6 is 0 Å². The molecule has 5 aromatic carbocycles. The highest BCUT2D eigenvalue weighted by Crippen LogP contribution is 2.66. The molecule has 3 fully saturated rings. The fourth-order valence-corrected chi connectivity index (χ4v) is 11.0. The number of aromatic hydroxyl groups is 1. The minimum Gasteiger partial charge on any atom is -0.508 e. The van der Waals surface area contributed by atoms with Gasteiger partial charge in [0.25, 0.3) is 0 Å². The van der Waals surface area contributed by atoms with E-state index in [4.69, 9.17) is 14.2 Å². The first-order chi connectivity index (χ1) is 35.4. The van der Waals surface area contributed by atoms with Gasteiger partial charge in [0.2, 0.25) is 17.8 Å². The van der Waals surface area contributed by atoms with E-state index in [0.717, 1.165) is 10.5 Å². The van der Waals surface area contributed by atoms with Gasteiger partial charge in [-0.3, -0.25) is 19.3 Å². The van der Waals surface area contributed by atoms with Gasteiger partial charge in [-0.15, -0.1) is 0 Å². The summed E-state index contributed by atoms with van der Waals surface area (Å²) in [5.74, 6) is 2.75. The molecule has 370 valence electrons. The molecule has 1 spiro atoms. The first-order valence-corrected chi connectivity index (χ1v) is 24.2. The summed E-state index contributed by atoms with van der Waals surface area (Å²) in [6.07, 6.45) is 2.35. The Morgan fingerprint density at radius 1 is 0.753 bits per heavy atom. The number of fused-ring (bicyclic) bond motifs is 3. The lowest BCUT2D eigenvalue weighted by atomic mass is 9.64. The van der Waals surface area contributed by atoms with Gasteiger partial charge in [-0.1, -0.05) is 98.5 Å². The predicted octanol–water partition coefficient (Wildman–Crippen LogP) is 6.51. The molecule has 0 unspecified atom stereocenters. The third-order valence-corrected chi connectivity index (χ3v) is 14.4. The summed E-state index contributed by atoms with van der Waals surface area (Å²) in [6.45, 7) is 4.52. The van der Waals surface area contributed by atoms with E-state index in [2.05, 4.69) is 27.1 Å². The number of nitrogens with zero attached hydrogens (tertiary/aromatic N) is 6. The predicted molar refractivity (Wildman–Crippen MR) is 269 cm³/mol. The van der Waals surface area contributed by atoms with Gasteiger partial charge in [-0.25, -0.2) is 24.5 Å². The number of hydrogen-bond donors (Lipinski definition) is 2. The molecular formula is C57H53N7O9. The molecule has 4 aliphatic rings. The quantitative estimate of drug-likeness (QED) is 0.118. The SMILES string of the molecule is COC(=O)[C@@H](NC(=O)N1C(=O)[C@@]2(c3cc(C#Cc4ccc(OC)cc4)ccc31)[C@H](c1ccc(O)cc1)N1[C@H](c3ccccc3)[C@H](c3ccccc3)OC(=O)[C@H]1[C@@H]2C(=O)N1CCN(c2ncccn2)CC1)C(C)C. The van der Waals surface area contributed by atoms with Crippen molar-refractivity contribution in [3.8, 4) is 23.3 Å². The highest BCUT2D eigenvalue weighted by Gasteiger charge is 2.76. The molecule has 4 amide bonds. The molecule has 3 saturated heterocycles. The average Bonchev–Trinajstić information content (AvgIpc) is 3.88. The number of piperazine rings is 1. The molecule has 1 aromatic heterocycles. The number of aromatic nitrogens is 2. The third-order valence-electron chi connectivity index (χ3n) is 14.4. The molecule has 0 aliphatic carbocycles. The van der Waals surface area contributed by atoms with Crippen LogP contribution in [-0.2, 0) is 34.1 Å². The minimum absolute atomic E-state index is 0.0575. The molecule has 4 aliphatic heterocycles. The second-order valence-electron chi connectivity index (χ2n) is 18.8. The van der Waals surface area contributed by atoms with Gasteiger partial charge in [0.1, 0.15) is 35.1 Å². The van der Waals surface area contributed by atoms with Crippen LogP contribution in [0, 0.1) is 23.7 Å². The van der Waals surface area contributed by atoms with E-state index in [1.165, 1.54) is 19.2 Å². The van der Waals surface area contributed by atoms with Crippen molar-refractivity contribution in [3.63, 3.8) is 0 Å². The Morgan fingerprint density at radius 2 is 1.38 bits per heavy atom. The molecule has 0 radical (unpaired) electrons. The first-order valence-electron chi connectivity index (χ1n) is 24.2. The number of methoxy groups -OCH3 is 2. The van der Waals surface area contributed by atoms with E-state index in [0.29, 0.717) is 47.0 Å². The van der Waals surface area contributed by atoms with Crippen LogP contribution in [0.4, 0.5) is 16.4 Å². The Morgan fingerprint density at radius 3 is 2.01 bits per heavy atom. The van der Waals surface area contributed by atoms with E-state index in [1.54, 1.807) is 86.8 Å². The molecule has 5 heterocycles. The summed E-state index contributed by atoms with van der Waals surface area (Å²) < 4.78 is 17.1. The van der Waals surface area contributed by atoms with Crippen LogP contribution in [0.25, 0.3) is 0 Å². The molecular weight excluding hydrogens is 927 g/mol. The maximum Gasteiger partial charge on any atom is 0.329 e. The van der Waals surface area contributed by atoms with Gasteiger partial charge in [0.05, 0.1) is 37.9 Å². The van der Waals surface area contributed by atoms with Crippen LogP contribution < -0.4 is 19.9 Å². The Bertz CT molecular complexity index is 3110. The Hall–Kier alpha value is -8.55. The number of esters is 2. The number of benzene rings is 5. The Kier molecular flexibility index (Phi) is 13.1. The highest BCUT2D eigenvalue weighted by molar-refractivity contribution is 6.25. The molecule has 0 bridgehead atoms. The highest BCUT2D eigenvalue weighted by atomic mass is 16.6. The molecule has 16 heteroatoms. The number of cyclic esters (lactones) is 1. The minimum atomic E-state index is -2.10. The maximum absolute atomic E-state index is 16.8. The standard InChI is InChI=1S/C57H53N7O9/c1-35(2)46(52(67)72-4)60-56(70)63-44-27-20-37(17-16-36-18-25-42(71-3)26-19-36)34-43(44)57(54(63)69)45(51(66)61-30-32-62(33-31-61)55-58-28-11-29-59-55)48-53(68)73-49(39-14-9-6-10-15-39)47(38-12-7-5-8-13-38)64(48)50(57)40-21-23-41(65)24-22-40/h5-15,18-29,34-35,45-50,65H,30-33H2,1-4H3,(H,60,70)/t45-,46+,47-,48-,49+,50+,57-/m1/s1. The number of carbonyl (C=O) groups is 5. The largest absolute Gasteiger partial charge is 0.508 e. The van der Waals surface area contributed by atoms with Crippen molar-refractivity contribution in [1.82, 2.24) is 25.1 Å². The van der Waals surface area contributed by atoms with E-state index in [1.807, 2.05) is 82.6 Å². The fraction of sp³-hybridized carbons (Fsp3) is 0.281. The number of imide groups is 1. The lowest BCUT2D eigenvalue weighted by Gasteiger charge is -2.46. The van der Waals surface area contributed by atoms with Crippen LogP contribution in [0.3, 0.4) is 0 Å². The summed E-state index contributed by atoms with van der Waals surface area (Å²) in [5.41, 5.74) is 1.27. The first kappa shape index (κ1) is 48.1. The van der Waals surface area contributed by atoms with Crippen LogP contribution in [0.15, 0.2) is 146 Å². The third kappa shape index (κ3) is 8.54. The molecule has 10 rings (SSSR count). The normalized spacial score (nSPS) is 22.7. The van der Waals surface area contributed by atoms with Crippen LogP contribution in [-0.4, -0.2) is 107 Å². The fourth-order valence-electron chi connectivity index (χ4n) is 11.0. The topological polar surface area (TPSA) is 184 Å². The second kappa shape index (κ2) is 19.9. The molecule has 6 aromatic rings. The van der Waals surface area contributed by atoms with E-state index in [9.17, 15) is 9.90 Å². The van der Waals surface area contributed by atoms with Gasteiger partial charge in [-0.05, 0) is 88.8 Å². The number of urea groups is 1. The number of amides is 4. The number of nitrogens with one attached hydrogen (secondary N) is 1. The molecule has 7 atom stereocenters. The van der Waals surface area contributed by atoms with Crippen LogP contribution in [0.5, 0.6) is 11.5 Å². The summed E-state index contributed by atoms with van der Waals surface area (Å²) in [7, 11) is 2.79. The maximum atomic E-state index is 16.8. The van der Waals surface area contributed by atoms with Gasteiger partial charge < -0.3 is 34.4 Å². The van der Waals surface area contributed by atoms with E-state index >= 15 is 19.2 Å². The van der Waals surface area contributed by atoms with E-state index in [-0.39, 0.29) is 30.1 Å². The Labute approximate surface area is 422 Å². The lowest BCUT2D eigenvalue weighted by Crippen LogP contribution is -2.60. The van der Waals surface area contributed by atoms with Gasteiger partial charge >= 0.3 is 18.0 Å². The monoisotopic (exact) mass is 979 g/mol. The van der Waals surface area contributed by atoms with Gasteiger partial charge in [-0.2, -0.15) is 0 Å². The summed E-state index contributed by atoms with van der Waals surface area (Å²) in [5, 5.41) is 13.6. The van der Waals surface area contributed by atoms with Crippen LogP contribution in [0.2, 0.25) is 0 Å². The number of anilines is 2. The molecule has 2 N–H and O–H groups in total. The molecule has 16 nitrogen and oxygen atoms in total. The number of carbonyl (C=O) groups excluding carboxylic acids is 5. The smallest absolute Gasteiger partial charge is 0.329 e. The lowest BCUT2D eigenvalue weighted by molar-refractivity contribution is -0.179. The van der Waals surface area contributed by atoms with Crippen molar-refractivity contribution in [3.05, 3.63) is 179 Å². The van der Waals surface area contributed by atoms with Crippen molar-refractivity contribution in [2.75, 3.05) is 50.2 Å². The Balaban J connectivity index is 1.24. The van der Waals surface area contributed by atoms with Crippen molar-refractivity contribution >= 4 is 41.4 Å². The number of morpholine rings is 1. The van der Waals surface area contributed by atoms with Gasteiger partial charge in [0.15, 0.2) is 0 Å². The zero-order chi connectivity index (χ0) is 51.0. The van der Waals surface area contributed by atoms with Crippen LogP contribution in [0.1, 0.15) is 65.4 Å². The zero-order valence-corrected chi connectivity index (χ0v) is 40.6. The zero-order valence-electron chi connectivity index (χ0n) is 40.6. The molecule has 73 heavy (non-hydrogen) atoms. The number of phenols is 1. The van der Waals surface area contributed by atoms with Crippen molar-refractivity contribution in [2.24, 2.45) is 11.8 Å². The van der Waals surface area contributed by atoms with Crippen molar-refractivity contribution < 1.29 is 43.3 Å². The van der Waals surface area contributed by atoms with Gasteiger partial charge in [0, 0.05) is 49.7 Å². The number of ether oxygens (including phenoxy) is 3. The van der Waals surface area contributed by atoms with Crippen molar-refractivity contribution in [2.45, 2.75) is 49.5 Å². The number of hydrogen-bond acceptors (Lipinski definition) is 13. The summed E-state index contributed by atoms with van der Waals surface area (Å²) in [6, 6.07) is 33.6. The number of phenolic OH excluding ortho intramolecular Hbond substituents is 1. The average molecular weight is 980 g/mol.